The molecular formula is C15H23FN2O. The first-order valence-corrected chi connectivity index (χ1v) is 6.98. The van der Waals surface area contributed by atoms with Gasteiger partial charge in [0, 0.05) is 24.7 Å². The first-order valence-electron chi connectivity index (χ1n) is 6.98. The van der Waals surface area contributed by atoms with Gasteiger partial charge in [0.2, 0.25) is 0 Å². The Morgan fingerprint density at radius 1 is 1.42 bits per heavy atom. The molecule has 0 aliphatic carbocycles. The maximum absolute atomic E-state index is 13.0. The van der Waals surface area contributed by atoms with Gasteiger partial charge in [-0.1, -0.05) is 19.1 Å². The van der Waals surface area contributed by atoms with E-state index in [0.717, 1.165) is 31.7 Å². The minimum absolute atomic E-state index is 0.104. The molecule has 2 rings (SSSR count). The van der Waals surface area contributed by atoms with Gasteiger partial charge in [-0.05, 0) is 31.0 Å². The zero-order chi connectivity index (χ0) is 13.8. The molecule has 1 aliphatic heterocycles. The zero-order valence-electron chi connectivity index (χ0n) is 11.7. The fourth-order valence-corrected chi connectivity index (χ4v) is 2.73. The Hall–Kier alpha value is -0.970. The third kappa shape index (κ3) is 3.32. The summed E-state index contributed by atoms with van der Waals surface area (Å²) in [5.41, 5.74) is 7.31. The van der Waals surface area contributed by atoms with Crippen molar-refractivity contribution in [3.8, 4) is 0 Å². The fraction of sp³-hybridized carbons (Fsp3) is 0.600. The number of hydrogen-bond acceptors (Lipinski definition) is 3. The second-order valence-electron chi connectivity index (χ2n) is 5.19. The van der Waals surface area contributed by atoms with Crippen LogP contribution in [-0.2, 0) is 4.74 Å². The van der Waals surface area contributed by atoms with Crippen LogP contribution in [0.4, 0.5) is 4.39 Å². The van der Waals surface area contributed by atoms with Gasteiger partial charge in [0.05, 0.1) is 13.2 Å². The number of nitrogens with zero attached hydrogens (tertiary/aromatic N) is 1. The molecule has 0 aromatic heterocycles. The van der Waals surface area contributed by atoms with Crippen LogP contribution >= 0.6 is 0 Å². The number of nitrogens with two attached hydrogens (primary N) is 1. The highest BCUT2D eigenvalue weighted by Crippen LogP contribution is 2.23. The molecule has 0 radical (unpaired) electrons. The van der Waals surface area contributed by atoms with Crippen molar-refractivity contribution >= 4 is 0 Å². The molecular weight excluding hydrogens is 243 g/mol. The van der Waals surface area contributed by atoms with Crippen LogP contribution in [0.25, 0.3) is 0 Å². The molecule has 1 saturated heterocycles. The van der Waals surface area contributed by atoms with Gasteiger partial charge in [-0.2, -0.15) is 0 Å². The van der Waals surface area contributed by atoms with E-state index >= 15 is 0 Å². The van der Waals surface area contributed by atoms with E-state index < -0.39 is 0 Å². The van der Waals surface area contributed by atoms with Crippen LogP contribution in [-0.4, -0.2) is 36.7 Å². The summed E-state index contributed by atoms with van der Waals surface area (Å²) in [5.74, 6) is -0.221. The van der Waals surface area contributed by atoms with Crippen LogP contribution in [0.1, 0.15) is 31.9 Å². The Kier molecular flexibility index (Phi) is 4.91. The second kappa shape index (κ2) is 6.46. The first-order chi connectivity index (χ1) is 9.13. The Morgan fingerprint density at radius 2 is 2.11 bits per heavy atom. The van der Waals surface area contributed by atoms with Crippen LogP contribution in [0.2, 0.25) is 0 Å². The zero-order valence-corrected chi connectivity index (χ0v) is 11.7. The van der Waals surface area contributed by atoms with E-state index in [9.17, 15) is 4.39 Å². The standard InChI is InChI=1S/C15H23FN2O/c1-3-14-10-19-9-8-18(14)11(2)15(17)12-4-6-13(16)7-5-12/h4-7,11,14-15H,3,8-10,17H2,1-2H3. The van der Waals surface area contributed by atoms with E-state index in [1.54, 1.807) is 12.1 Å². The lowest BCUT2D eigenvalue weighted by atomic mass is 9.98. The van der Waals surface area contributed by atoms with E-state index in [0.29, 0.717) is 6.04 Å². The molecule has 0 spiro atoms. The van der Waals surface area contributed by atoms with Crippen LogP contribution < -0.4 is 5.73 Å². The maximum Gasteiger partial charge on any atom is 0.123 e. The predicted octanol–water partition coefficient (Wildman–Crippen LogP) is 2.32. The Balaban J connectivity index is 2.08. The Labute approximate surface area is 114 Å². The predicted molar refractivity (Wildman–Crippen MR) is 74.4 cm³/mol. The quantitative estimate of drug-likeness (QED) is 0.909. The largest absolute Gasteiger partial charge is 0.378 e. The second-order valence-corrected chi connectivity index (χ2v) is 5.19. The van der Waals surface area contributed by atoms with Gasteiger partial charge in [0.1, 0.15) is 5.82 Å². The van der Waals surface area contributed by atoms with Crippen molar-refractivity contribution in [1.29, 1.82) is 0 Å². The molecule has 1 aliphatic rings. The third-order valence-electron chi connectivity index (χ3n) is 4.04. The van der Waals surface area contributed by atoms with E-state index in [1.807, 2.05) is 0 Å². The smallest absolute Gasteiger partial charge is 0.123 e. The van der Waals surface area contributed by atoms with Crippen molar-refractivity contribution in [3.05, 3.63) is 35.6 Å². The van der Waals surface area contributed by atoms with Gasteiger partial charge in [0.15, 0.2) is 0 Å². The molecule has 19 heavy (non-hydrogen) atoms. The van der Waals surface area contributed by atoms with Gasteiger partial charge in [0.25, 0.3) is 0 Å². The minimum atomic E-state index is -0.221. The Bertz CT molecular complexity index is 396. The van der Waals surface area contributed by atoms with Crippen LogP contribution in [0.3, 0.4) is 0 Å². The molecule has 4 heteroatoms. The van der Waals surface area contributed by atoms with Crippen molar-refractivity contribution in [2.24, 2.45) is 5.73 Å². The fourth-order valence-electron chi connectivity index (χ4n) is 2.73. The molecule has 106 valence electrons. The van der Waals surface area contributed by atoms with Gasteiger partial charge >= 0.3 is 0 Å². The monoisotopic (exact) mass is 266 g/mol. The molecule has 1 aromatic carbocycles. The van der Waals surface area contributed by atoms with Gasteiger partial charge in [-0.25, -0.2) is 4.39 Å². The van der Waals surface area contributed by atoms with Crippen LogP contribution in [0, 0.1) is 5.82 Å². The molecule has 3 atom stereocenters. The third-order valence-corrected chi connectivity index (χ3v) is 4.04. The molecule has 2 N–H and O–H groups in total. The van der Waals surface area contributed by atoms with E-state index in [-0.39, 0.29) is 17.9 Å². The summed E-state index contributed by atoms with van der Waals surface area (Å²) >= 11 is 0. The minimum Gasteiger partial charge on any atom is -0.378 e. The average Bonchev–Trinajstić information content (AvgIpc) is 2.46. The highest BCUT2D eigenvalue weighted by atomic mass is 19.1. The molecule has 3 unspecified atom stereocenters. The summed E-state index contributed by atoms with van der Waals surface area (Å²) in [6.07, 6.45) is 1.06. The summed E-state index contributed by atoms with van der Waals surface area (Å²) in [7, 11) is 0. The summed E-state index contributed by atoms with van der Waals surface area (Å²) in [6.45, 7) is 6.76. The highest BCUT2D eigenvalue weighted by Gasteiger charge is 2.29. The molecule has 1 heterocycles. The molecule has 1 aromatic rings. The number of hydrogen-bond donors (Lipinski definition) is 1. The number of rotatable bonds is 4. The number of benzene rings is 1. The van der Waals surface area contributed by atoms with Crippen LogP contribution in [0.15, 0.2) is 24.3 Å². The Morgan fingerprint density at radius 3 is 2.74 bits per heavy atom. The van der Waals surface area contributed by atoms with E-state index in [1.165, 1.54) is 12.1 Å². The first kappa shape index (κ1) is 14.4. The van der Waals surface area contributed by atoms with E-state index in [4.69, 9.17) is 10.5 Å². The van der Waals surface area contributed by atoms with E-state index in [2.05, 4.69) is 18.7 Å². The number of halogens is 1. The molecule has 0 saturated carbocycles. The lowest BCUT2D eigenvalue weighted by Crippen LogP contribution is -2.52. The van der Waals surface area contributed by atoms with Crippen molar-refractivity contribution in [2.75, 3.05) is 19.8 Å². The maximum atomic E-state index is 13.0. The lowest BCUT2D eigenvalue weighted by Gasteiger charge is -2.41. The summed E-state index contributed by atoms with van der Waals surface area (Å²) in [6, 6.07) is 7.04. The molecule has 0 bridgehead atoms. The summed E-state index contributed by atoms with van der Waals surface area (Å²) in [5, 5.41) is 0. The number of morpholine rings is 1. The van der Waals surface area contributed by atoms with Crippen molar-refractivity contribution in [3.63, 3.8) is 0 Å². The van der Waals surface area contributed by atoms with Crippen molar-refractivity contribution in [1.82, 2.24) is 4.90 Å². The van der Waals surface area contributed by atoms with Crippen LogP contribution in [0.5, 0.6) is 0 Å². The molecule has 0 amide bonds. The molecule has 3 nitrogen and oxygen atoms in total. The SMILES string of the molecule is CCC1COCCN1C(C)C(N)c1ccc(F)cc1. The topological polar surface area (TPSA) is 38.5 Å². The van der Waals surface area contributed by atoms with Crippen molar-refractivity contribution < 1.29 is 9.13 Å². The average molecular weight is 266 g/mol. The summed E-state index contributed by atoms with van der Waals surface area (Å²) in [4.78, 5) is 2.41. The van der Waals surface area contributed by atoms with Gasteiger partial charge in [-0.15, -0.1) is 0 Å². The highest BCUT2D eigenvalue weighted by molar-refractivity contribution is 5.21. The van der Waals surface area contributed by atoms with Crippen molar-refractivity contribution in [2.45, 2.75) is 38.4 Å². The lowest BCUT2D eigenvalue weighted by molar-refractivity contribution is -0.0314. The number of ether oxygens (including phenoxy) is 1. The van der Waals surface area contributed by atoms with Gasteiger partial charge < -0.3 is 10.5 Å². The summed E-state index contributed by atoms with van der Waals surface area (Å²) < 4.78 is 18.5. The van der Waals surface area contributed by atoms with Gasteiger partial charge in [-0.3, -0.25) is 4.90 Å². The normalized spacial score (nSPS) is 24.1. The molecule has 1 fully saturated rings.